The molecule has 1 amide bonds. The second-order valence-corrected chi connectivity index (χ2v) is 4.97. The first-order chi connectivity index (χ1) is 9.13. The number of halogens is 1. The van der Waals surface area contributed by atoms with Gasteiger partial charge in [0.1, 0.15) is 0 Å². The van der Waals surface area contributed by atoms with Gasteiger partial charge in [-0.2, -0.15) is 5.10 Å². The smallest absolute Gasteiger partial charge is 0.269 e. The van der Waals surface area contributed by atoms with Crippen LogP contribution in [0.2, 0.25) is 0 Å². The van der Waals surface area contributed by atoms with Crippen molar-refractivity contribution in [2.75, 3.05) is 0 Å². The van der Waals surface area contributed by atoms with E-state index in [2.05, 4.69) is 26.0 Å². The number of fused-ring (bicyclic) bond motifs is 1. The molecule has 0 aliphatic heterocycles. The largest absolute Gasteiger partial charge is 0.364 e. The van der Waals surface area contributed by atoms with Gasteiger partial charge in [0.2, 0.25) is 0 Å². The Balaban J connectivity index is 2.13. The monoisotopic (exact) mass is 316 g/mol. The van der Waals surface area contributed by atoms with E-state index in [1.807, 2.05) is 30.5 Å². The highest BCUT2D eigenvalue weighted by atomic mass is 79.9. The van der Waals surface area contributed by atoms with Crippen molar-refractivity contribution in [1.82, 2.24) is 14.6 Å². The van der Waals surface area contributed by atoms with Crippen molar-refractivity contribution in [2.24, 2.45) is 5.73 Å². The minimum absolute atomic E-state index is 0.207. The number of rotatable bonds is 2. The zero-order valence-electron chi connectivity index (χ0n) is 9.75. The van der Waals surface area contributed by atoms with Crippen LogP contribution in [0.25, 0.3) is 16.8 Å². The predicted octanol–water partition coefficient (Wildman–Crippen LogP) is 2.26. The highest BCUT2D eigenvalue weighted by Crippen LogP contribution is 2.22. The van der Waals surface area contributed by atoms with Gasteiger partial charge in [-0.1, -0.05) is 28.1 Å². The number of benzene rings is 1. The van der Waals surface area contributed by atoms with E-state index in [1.165, 1.54) is 0 Å². The zero-order valence-corrected chi connectivity index (χ0v) is 11.3. The summed E-state index contributed by atoms with van der Waals surface area (Å²) >= 11 is 3.43. The Morgan fingerprint density at radius 1 is 1.26 bits per heavy atom. The number of hydrogen-bond donors (Lipinski definition) is 1. The molecular weight excluding hydrogens is 308 g/mol. The lowest BCUT2D eigenvalue weighted by atomic mass is 10.1. The fourth-order valence-corrected chi connectivity index (χ4v) is 2.21. The van der Waals surface area contributed by atoms with Gasteiger partial charge < -0.3 is 5.73 Å². The van der Waals surface area contributed by atoms with Gasteiger partial charge in [0.25, 0.3) is 5.91 Å². The maximum atomic E-state index is 11.1. The number of primary amides is 1. The fourth-order valence-electron chi connectivity index (χ4n) is 1.81. The molecule has 94 valence electrons. The van der Waals surface area contributed by atoms with Crippen LogP contribution < -0.4 is 5.73 Å². The number of nitrogens with two attached hydrogens (primary N) is 1. The molecule has 0 saturated heterocycles. The Kier molecular flexibility index (Phi) is 2.79. The summed E-state index contributed by atoms with van der Waals surface area (Å²) in [5, 5.41) is 4.09. The number of nitrogens with zero attached hydrogens (tertiary/aromatic N) is 3. The lowest BCUT2D eigenvalue weighted by Crippen LogP contribution is -2.11. The highest BCUT2D eigenvalue weighted by Gasteiger charge is 2.08. The van der Waals surface area contributed by atoms with Crippen LogP contribution in [0.4, 0.5) is 0 Å². The molecule has 6 heteroatoms. The Morgan fingerprint density at radius 3 is 2.84 bits per heavy atom. The number of carbonyl (C=O) groups is 1. The fraction of sp³-hybridized carbons (Fsp3) is 0. The topological polar surface area (TPSA) is 73.3 Å². The number of amides is 1. The molecule has 0 saturated carbocycles. The quantitative estimate of drug-likeness (QED) is 0.788. The van der Waals surface area contributed by atoms with Gasteiger partial charge in [-0.25, -0.2) is 9.50 Å². The lowest BCUT2D eigenvalue weighted by Gasteiger charge is -2.02. The van der Waals surface area contributed by atoms with Crippen LogP contribution in [0.15, 0.2) is 47.2 Å². The van der Waals surface area contributed by atoms with E-state index < -0.39 is 5.91 Å². The number of aromatic nitrogens is 3. The van der Waals surface area contributed by atoms with E-state index in [4.69, 9.17) is 5.73 Å². The molecule has 0 spiro atoms. The second-order valence-electron chi connectivity index (χ2n) is 4.05. The minimum atomic E-state index is -0.561. The highest BCUT2D eigenvalue weighted by molar-refractivity contribution is 9.10. The maximum Gasteiger partial charge on any atom is 0.269 e. The Morgan fingerprint density at radius 2 is 2.11 bits per heavy atom. The Hall–Kier alpha value is -2.21. The van der Waals surface area contributed by atoms with E-state index in [0.717, 1.165) is 15.6 Å². The van der Waals surface area contributed by atoms with Gasteiger partial charge in [-0.05, 0) is 17.7 Å². The number of hydrogen-bond acceptors (Lipinski definition) is 3. The third-order valence-corrected chi connectivity index (χ3v) is 3.22. The molecule has 19 heavy (non-hydrogen) atoms. The van der Waals surface area contributed by atoms with Crippen molar-refractivity contribution in [2.45, 2.75) is 0 Å². The van der Waals surface area contributed by atoms with E-state index >= 15 is 0 Å². The first-order valence-corrected chi connectivity index (χ1v) is 6.34. The minimum Gasteiger partial charge on any atom is -0.364 e. The van der Waals surface area contributed by atoms with E-state index in [9.17, 15) is 4.79 Å². The van der Waals surface area contributed by atoms with Gasteiger partial charge in [0.05, 0.1) is 0 Å². The van der Waals surface area contributed by atoms with Crippen LogP contribution in [0, 0.1) is 0 Å². The molecule has 0 radical (unpaired) electrons. The maximum absolute atomic E-state index is 11.1. The molecule has 2 heterocycles. The van der Waals surface area contributed by atoms with Crippen molar-refractivity contribution in [3.63, 3.8) is 0 Å². The van der Waals surface area contributed by atoms with E-state index in [-0.39, 0.29) is 5.69 Å². The molecule has 3 rings (SSSR count). The van der Waals surface area contributed by atoms with Crippen LogP contribution in [0.1, 0.15) is 10.5 Å². The molecule has 5 nitrogen and oxygen atoms in total. The van der Waals surface area contributed by atoms with Crippen LogP contribution in [-0.2, 0) is 0 Å². The molecule has 3 aromatic rings. The van der Waals surface area contributed by atoms with Gasteiger partial charge >= 0.3 is 0 Å². The Bertz CT molecular complexity index is 781. The van der Waals surface area contributed by atoms with Gasteiger partial charge in [0, 0.05) is 28.5 Å². The molecular formula is C13H9BrN4O. The Labute approximate surface area is 117 Å². The van der Waals surface area contributed by atoms with Crippen molar-refractivity contribution in [1.29, 1.82) is 0 Å². The summed E-state index contributed by atoms with van der Waals surface area (Å²) in [6.07, 6.45) is 3.56. The molecule has 0 atom stereocenters. The molecule has 1 aromatic carbocycles. The van der Waals surface area contributed by atoms with Crippen LogP contribution >= 0.6 is 15.9 Å². The van der Waals surface area contributed by atoms with Crippen LogP contribution in [-0.4, -0.2) is 20.5 Å². The first-order valence-electron chi connectivity index (χ1n) is 5.55. The summed E-state index contributed by atoms with van der Waals surface area (Å²) in [7, 11) is 0. The summed E-state index contributed by atoms with van der Waals surface area (Å²) in [5.41, 5.74) is 7.92. The van der Waals surface area contributed by atoms with Crippen LogP contribution in [0.5, 0.6) is 0 Å². The first kappa shape index (κ1) is 11.9. The molecule has 0 aliphatic carbocycles. The average Bonchev–Trinajstić information content (AvgIpc) is 2.81. The molecule has 0 unspecified atom stereocenters. The zero-order chi connectivity index (χ0) is 13.4. The van der Waals surface area contributed by atoms with Crippen molar-refractivity contribution in [3.05, 3.63) is 52.9 Å². The summed E-state index contributed by atoms with van der Waals surface area (Å²) in [5.74, 6) is -0.561. The standard InChI is InChI=1S/C13H9BrN4O/c14-10-3-1-2-8(4-10)9-6-16-12-5-11(13(15)19)17-18(12)7-9/h1-7H,(H2,15,19). The van der Waals surface area contributed by atoms with Crippen molar-refractivity contribution in [3.8, 4) is 11.1 Å². The SMILES string of the molecule is NC(=O)c1cc2ncc(-c3cccc(Br)c3)cn2n1. The van der Waals surface area contributed by atoms with Gasteiger partial charge in [-0.3, -0.25) is 4.79 Å². The van der Waals surface area contributed by atoms with Crippen molar-refractivity contribution < 1.29 is 4.79 Å². The second kappa shape index (κ2) is 4.47. The molecule has 2 N–H and O–H groups in total. The van der Waals surface area contributed by atoms with Gasteiger partial charge in [-0.15, -0.1) is 0 Å². The third kappa shape index (κ3) is 2.22. The normalized spacial score (nSPS) is 10.8. The summed E-state index contributed by atoms with van der Waals surface area (Å²) in [6.45, 7) is 0. The van der Waals surface area contributed by atoms with Crippen molar-refractivity contribution >= 4 is 27.5 Å². The molecule has 0 bridgehead atoms. The third-order valence-electron chi connectivity index (χ3n) is 2.72. The average molecular weight is 317 g/mol. The summed E-state index contributed by atoms with van der Waals surface area (Å²) < 4.78 is 2.54. The molecule has 2 aromatic heterocycles. The van der Waals surface area contributed by atoms with E-state index in [0.29, 0.717) is 5.65 Å². The van der Waals surface area contributed by atoms with Gasteiger partial charge in [0.15, 0.2) is 11.3 Å². The predicted molar refractivity (Wildman–Crippen MR) is 74.6 cm³/mol. The van der Waals surface area contributed by atoms with Crippen LogP contribution in [0.3, 0.4) is 0 Å². The lowest BCUT2D eigenvalue weighted by molar-refractivity contribution is 0.0995. The van der Waals surface area contributed by atoms with E-state index in [1.54, 1.807) is 16.8 Å². The molecule has 0 aliphatic rings. The summed E-state index contributed by atoms with van der Waals surface area (Å²) in [6, 6.07) is 9.43. The summed E-state index contributed by atoms with van der Waals surface area (Å²) in [4.78, 5) is 15.4. The number of carbonyl (C=O) groups excluding carboxylic acids is 1. The molecule has 0 fully saturated rings.